The Hall–Kier alpha value is -0.460. The molecule has 0 amide bonds. The maximum atomic E-state index is 9.44. The van der Waals surface area contributed by atoms with Gasteiger partial charge >= 0.3 is 0 Å². The lowest BCUT2D eigenvalue weighted by Crippen LogP contribution is -2.54. The highest BCUT2D eigenvalue weighted by Gasteiger charge is 2.41. The van der Waals surface area contributed by atoms with Crippen molar-refractivity contribution in [2.75, 3.05) is 6.61 Å². The second-order valence-electron chi connectivity index (χ2n) is 3.04. The minimum Gasteiger partial charge on any atom is -0.394 e. The first-order valence-electron chi connectivity index (χ1n) is 4.05. The molecule has 1 aliphatic rings. The van der Waals surface area contributed by atoms with E-state index in [0.29, 0.717) is 0 Å². The Balaban J connectivity index is 2.72. The lowest BCUT2D eigenvalue weighted by molar-refractivity contribution is -0.259. The van der Waals surface area contributed by atoms with Gasteiger partial charge in [0.25, 0.3) is 0 Å². The first-order chi connectivity index (χ1) is 6.11. The number of rotatable bonds is 2. The van der Waals surface area contributed by atoms with Crippen LogP contribution in [-0.2, 0) is 4.74 Å². The third-order valence-corrected chi connectivity index (χ3v) is 2.22. The van der Waals surface area contributed by atoms with Gasteiger partial charge in [-0.25, -0.2) is 0 Å². The molecule has 1 aliphatic heterocycles. The number of ether oxygens (including phenoxy) is 1. The molecule has 1 fully saturated rings. The van der Waals surface area contributed by atoms with Crippen LogP contribution < -0.4 is 0 Å². The maximum Gasteiger partial charge on any atom is 0.164 e. The van der Waals surface area contributed by atoms with Crippen molar-refractivity contribution >= 4 is 0 Å². The van der Waals surface area contributed by atoms with E-state index < -0.39 is 37.1 Å². The molecule has 1 rings (SSSR count). The van der Waals surface area contributed by atoms with Crippen molar-refractivity contribution in [3.05, 3.63) is 12.7 Å². The monoisotopic (exact) mass is 190 g/mol. The minimum absolute atomic E-state index is 0.445. The molecule has 76 valence electrons. The summed E-state index contributed by atoms with van der Waals surface area (Å²) in [5.74, 6) is -0.724. The van der Waals surface area contributed by atoms with E-state index in [1.165, 1.54) is 6.08 Å². The first-order valence-corrected chi connectivity index (χ1v) is 4.05. The number of aliphatic hydroxyl groups excluding tert-OH is 4. The van der Waals surface area contributed by atoms with Crippen LogP contribution >= 0.6 is 0 Å². The molecule has 0 aliphatic carbocycles. The Labute approximate surface area is 75.9 Å². The molecule has 0 aromatic rings. The van der Waals surface area contributed by atoms with E-state index in [-0.39, 0.29) is 0 Å². The standard InChI is InChI=1S/C8H14O5/c1-2-4-6(10)7(11)5(3-9)13-8(4)12/h2,4-12H,1,3H2/t4-,5-,6-,7-,8-/m1/s1. The van der Waals surface area contributed by atoms with Gasteiger partial charge in [-0.05, 0) is 0 Å². The molecule has 0 aromatic heterocycles. The lowest BCUT2D eigenvalue weighted by atomic mass is 9.91. The third-order valence-electron chi connectivity index (χ3n) is 2.22. The quantitative estimate of drug-likeness (QED) is 0.386. The zero-order valence-corrected chi connectivity index (χ0v) is 7.08. The molecule has 5 atom stereocenters. The lowest BCUT2D eigenvalue weighted by Gasteiger charge is -2.38. The van der Waals surface area contributed by atoms with Crippen molar-refractivity contribution in [1.82, 2.24) is 0 Å². The smallest absolute Gasteiger partial charge is 0.164 e. The van der Waals surface area contributed by atoms with Gasteiger partial charge in [-0.3, -0.25) is 0 Å². The molecule has 5 heteroatoms. The van der Waals surface area contributed by atoms with E-state index in [9.17, 15) is 15.3 Å². The highest BCUT2D eigenvalue weighted by Crippen LogP contribution is 2.25. The predicted molar refractivity (Wildman–Crippen MR) is 43.7 cm³/mol. The van der Waals surface area contributed by atoms with Crippen molar-refractivity contribution in [2.45, 2.75) is 24.6 Å². The SMILES string of the molecule is C=C[C@@H]1[C@@H](O)[C@H](O)[C@@H](CO)O[C@H]1O. The molecule has 0 aromatic carbocycles. The van der Waals surface area contributed by atoms with E-state index in [1.807, 2.05) is 0 Å². The van der Waals surface area contributed by atoms with Gasteiger partial charge in [-0.1, -0.05) is 6.08 Å². The van der Waals surface area contributed by atoms with Crippen molar-refractivity contribution in [1.29, 1.82) is 0 Å². The Morgan fingerprint density at radius 1 is 1.23 bits per heavy atom. The van der Waals surface area contributed by atoms with E-state index in [1.54, 1.807) is 0 Å². The van der Waals surface area contributed by atoms with Crippen LogP contribution in [0.4, 0.5) is 0 Å². The average molecular weight is 190 g/mol. The van der Waals surface area contributed by atoms with Crippen LogP contribution in [0.1, 0.15) is 0 Å². The number of aliphatic hydroxyl groups is 4. The highest BCUT2D eigenvalue weighted by molar-refractivity contribution is 4.96. The molecule has 0 bridgehead atoms. The van der Waals surface area contributed by atoms with Crippen molar-refractivity contribution < 1.29 is 25.2 Å². The van der Waals surface area contributed by atoms with Crippen LogP contribution in [0.3, 0.4) is 0 Å². The predicted octanol–water partition coefficient (Wildman–Crippen LogP) is -1.78. The highest BCUT2D eigenvalue weighted by atomic mass is 16.6. The van der Waals surface area contributed by atoms with Crippen LogP contribution in [0.2, 0.25) is 0 Å². The second kappa shape index (κ2) is 4.17. The molecule has 1 saturated heterocycles. The fraction of sp³-hybridized carbons (Fsp3) is 0.750. The van der Waals surface area contributed by atoms with Crippen LogP contribution in [0.15, 0.2) is 12.7 Å². The molecule has 0 spiro atoms. The van der Waals surface area contributed by atoms with Gasteiger partial charge in [-0.15, -0.1) is 6.58 Å². The summed E-state index contributed by atoms with van der Waals surface area (Å²) in [6.07, 6.45) is -3.21. The van der Waals surface area contributed by atoms with Crippen molar-refractivity contribution in [3.63, 3.8) is 0 Å². The zero-order valence-electron chi connectivity index (χ0n) is 7.08. The molecule has 1 heterocycles. The number of hydrogen-bond acceptors (Lipinski definition) is 5. The van der Waals surface area contributed by atoms with Crippen LogP contribution in [0.25, 0.3) is 0 Å². The van der Waals surface area contributed by atoms with Crippen molar-refractivity contribution in [3.8, 4) is 0 Å². The van der Waals surface area contributed by atoms with Crippen molar-refractivity contribution in [2.24, 2.45) is 5.92 Å². The molecule has 0 unspecified atom stereocenters. The number of hydrogen-bond donors (Lipinski definition) is 4. The van der Waals surface area contributed by atoms with Gasteiger partial charge in [0.05, 0.1) is 18.6 Å². The minimum atomic E-state index is -1.23. The zero-order chi connectivity index (χ0) is 10.0. The largest absolute Gasteiger partial charge is 0.394 e. The van der Waals surface area contributed by atoms with Crippen LogP contribution in [0, 0.1) is 5.92 Å². The summed E-state index contributed by atoms with van der Waals surface area (Å²) < 4.78 is 4.85. The van der Waals surface area contributed by atoms with Gasteiger partial charge in [0.2, 0.25) is 0 Å². The van der Waals surface area contributed by atoms with E-state index in [2.05, 4.69) is 6.58 Å². The fourth-order valence-corrected chi connectivity index (χ4v) is 1.37. The van der Waals surface area contributed by atoms with Crippen LogP contribution in [0.5, 0.6) is 0 Å². The molecule has 5 nitrogen and oxygen atoms in total. The average Bonchev–Trinajstić information content (AvgIpc) is 2.12. The molecule has 13 heavy (non-hydrogen) atoms. The van der Waals surface area contributed by atoms with Gasteiger partial charge in [0.15, 0.2) is 6.29 Å². The maximum absolute atomic E-state index is 9.44. The third kappa shape index (κ3) is 1.90. The molecule has 0 saturated carbocycles. The summed E-state index contributed by atoms with van der Waals surface area (Å²) in [6.45, 7) is 2.95. The Morgan fingerprint density at radius 3 is 2.31 bits per heavy atom. The van der Waals surface area contributed by atoms with Gasteiger partial charge in [0.1, 0.15) is 12.2 Å². The summed E-state index contributed by atoms with van der Waals surface area (Å²) in [5, 5.41) is 36.8. The Kier molecular flexibility index (Phi) is 3.40. The van der Waals surface area contributed by atoms with Gasteiger partial charge in [-0.2, -0.15) is 0 Å². The normalized spacial score (nSPS) is 46.0. The van der Waals surface area contributed by atoms with Gasteiger partial charge in [0, 0.05) is 0 Å². The Bertz CT molecular complexity index is 183. The molecular formula is C8H14O5. The fourth-order valence-electron chi connectivity index (χ4n) is 1.37. The first kappa shape index (κ1) is 10.6. The van der Waals surface area contributed by atoms with E-state index >= 15 is 0 Å². The van der Waals surface area contributed by atoms with Crippen LogP contribution in [-0.4, -0.2) is 51.6 Å². The summed E-state index contributed by atoms with van der Waals surface area (Å²) in [6, 6.07) is 0. The summed E-state index contributed by atoms with van der Waals surface area (Å²) in [4.78, 5) is 0. The molecule has 4 N–H and O–H groups in total. The summed E-state index contributed by atoms with van der Waals surface area (Å²) in [7, 11) is 0. The van der Waals surface area contributed by atoms with E-state index in [4.69, 9.17) is 9.84 Å². The topological polar surface area (TPSA) is 90.2 Å². The Morgan fingerprint density at radius 2 is 1.85 bits per heavy atom. The molecular weight excluding hydrogens is 176 g/mol. The summed E-state index contributed by atoms with van der Waals surface area (Å²) >= 11 is 0. The molecule has 0 radical (unpaired) electrons. The summed E-state index contributed by atoms with van der Waals surface area (Å²) in [5.41, 5.74) is 0. The second-order valence-corrected chi connectivity index (χ2v) is 3.04. The van der Waals surface area contributed by atoms with E-state index in [0.717, 1.165) is 0 Å². The van der Waals surface area contributed by atoms with Gasteiger partial charge < -0.3 is 25.2 Å².